The first-order valence-electron chi connectivity index (χ1n) is 8.67. The summed E-state index contributed by atoms with van der Waals surface area (Å²) in [6.07, 6.45) is 3.06. The maximum atomic E-state index is 12.9. The fraction of sp³-hybridized carbons (Fsp3) is 0.550. The number of hydrogen-bond acceptors (Lipinski definition) is 5. The summed E-state index contributed by atoms with van der Waals surface area (Å²) in [6, 6.07) is 0. The van der Waals surface area contributed by atoms with E-state index in [1.807, 2.05) is 13.0 Å². The first-order chi connectivity index (χ1) is 11.7. The van der Waals surface area contributed by atoms with E-state index in [1.54, 1.807) is 6.92 Å². The van der Waals surface area contributed by atoms with E-state index in [2.05, 4.69) is 6.58 Å². The van der Waals surface area contributed by atoms with Crippen molar-refractivity contribution < 1.29 is 24.2 Å². The van der Waals surface area contributed by atoms with Gasteiger partial charge in [-0.15, -0.1) is 0 Å². The minimum Gasteiger partial charge on any atom is -0.453 e. The van der Waals surface area contributed by atoms with Gasteiger partial charge in [0.15, 0.2) is 5.78 Å². The number of carbonyl (C=O) groups is 3. The summed E-state index contributed by atoms with van der Waals surface area (Å²) in [4.78, 5) is 37.3. The third kappa shape index (κ3) is 2.61. The molecule has 0 spiro atoms. The lowest BCUT2D eigenvalue weighted by Gasteiger charge is -2.44. The van der Waals surface area contributed by atoms with Gasteiger partial charge in [0.1, 0.15) is 11.4 Å². The van der Waals surface area contributed by atoms with Gasteiger partial charge in [0.05, 0.1) is 12.2 Å². The summed E-state index contributed by atoms with van der Waals surface area (Å²) in [5.41, 5.74) is 1.04. The second-order valence-electron chi connectivity index (χ2n) is 7.61. The lowest BCUT2D eigenvalue weighted by atomic mass is 9.61. The van der Waals surface area contributed by atoms with Gasteiger partial charge in [0.2, 0.25) is 0 Å². The van der Waals surface area contributed by atoms with E-state index in [1.165, 1.54) is 6.92 Å². The highest BCUT2D eigenvalue weighted by Crippen LogP contribution is 2.55. The fourth-order valence-electron chi connectivity index (χ4n) is 4.72. The molecule has 0 radical (unpaired) electrons. The molecule has 5 nitrogen and oxygen atoms in total. The Balaban J connectivity index is 2.27. The number of ether oxygens (including phenoxy) is 1. The van der Waals surface area contributed by atoms with E-state index in [4.69, 9.17) is 4.74 Å². The molecule has 1 saturated heterocycles. The zero-order valence-corrected chi connectivity index (χ0v) is 14.9. The molecule has 2 aliphatic carbocycles. The highest BCUT2D eigenvalue weighted by atomic mass is 16.6. The van der Waals surface area contributed by atoms with Crippen molar-refractivity contribution in [1.82, 2.24) is 0 Å². The Morgan fingerprint density at radius 2 is 2.08 bits per heavy atom. The van der Waals surface area contributed by atoms with Gasteiger partial charge in [0.25, 0.3) is 0 Å². The Hall–Kier alpha value is -2.01. The number of aliphatic hydroxyl groups excluding tert-OH is 1. The van der Waals surface area contributed by atoms with Crippen LogP contribution in [0.2, 0.25) is 0 Å². The van der Waals surface area contributed by atoms with Gasteiger partial charge in [-0.25, -0.2) is 4.79 Å². The molecule has 0 amide bonds. The van der Waals surface area contributed by atoms with Gasteiger partial charge in [-0.1, -0.05) is 18.2 Å². The van der Waals surface area contributed by atoms with Crippen molar-refractivity contribution >= 4 is 17.5 Å². The number of aliphatic hydroxyl groups is 1. The van der Waals surface area contributed by atoms with Gasteiger partial charge >= 0.3 is 5.97 Å². The molecule has 4 unspecified atom stereocenters. The summed E-state index contributed by atoms with van der Waals surface area (Å²) in [7, 11) is 0. The Labute approximate surface area is 147 Å². The third-order valence-corrected chi connectivity index (χ3v) is 5.85. The molecule has 1 N–H and O–H groups in total. The van der Waals surface area contributed by atoms with Gasteiger partial charge < -0.3 is 9.84 Å². The lowest BCUT2D eigenvalue weighted by molar-refractivity contribution is -0.157. The van der Waals surface area contributed by atoms with E-state index >= 15 is 0 Å². The topological polar surface area (TPSA) is 80.7 Å². The highest BCUT2D eigenvalue weighted by molar-refractivity contribution is 6.15. The largest absolute Gasteiger partial charge is 0.453 e. The van der Waals surface area contributed by atoms with Crippen molar-refractivity contribution in [3.05, 3.63) is 34.9 Å². The zero-order chi connectivity index (χ0) is 18.5. The van der Waals surface area contributed by atoms with Gasteiger partial charge in [0, 0.05) is 17.9 Å². The van der Waals surface area contributed by atoms with Crippen LogP contribution in [-0.2, 0) is 19.1 Å². The molecule has 2 fully saturated rings. The van der Waals surface area contributed by atoms with Crippen LogP contribution >= 0.6 is 0 Å². The van der Waals surface area contributed by atoms with E-state index in [0.29, 0.717) is 17.6 Å². The zero-order valence-electron chi connectivity index (χ0n) is 14.9. The van der Waals surface area contributed by atoms with Gasteiger partial charge in [-0.2, -0.15) is 0 Å². The summed E-state index contributed by atoms with van der Waals surface area (Å²) in [5.74, 6) is -1.48. The van der Waals surface area contributed by atoms with Gasteiger partial charge in [-0.05, 0) is 51.0 Å². The first-order valence-corrected chi connectivity index (χ1v) is 8.67. The number of Topliss-reactive ketones (excluding diaryl/α,β-unsaturated/α-hetero) is 2. The molecule has 1 heterocycles. The molecule has 4 atom stereocenters. The van der Waals surface area contributed by atoms with Crippen LogP contribution in [0.25, 0.3) is 0 Å². The minimum atomic E-state index is -1.01. The third-order valence-electron chi connectivity index (χ3n) is 5.85. The van der Waals surface area contributed by atoms with Gasteiger partial charge in [-0.3, -0.25) is 9.59 Å². The maximum absolute atomic E-state index is 12.9. The van der Waals surface area contributed by atoms with E-state index < -0.39 is 17.5 Å². The number of carbonyl (C=O) groups excluding carboxylic acids is 3. The molecular weight excluding hydrogens is 320 g/mol. The van der Waals surface area contributed by atoms with Crippen molar-refractivity contribution in [3.63, 3.8) is 0 Å². The molecule has 134 valence electrons. The Bertz CT molecular complexity index is 741. The lowest BCUT2D eigenvalue weighted by Crippen LogP contribution is -2.49. The first kappa shape index (κ1) is 17.8. The van der Waals surface area contributed by atoms with Crippen LogP contribution in [-0.4, -0.2) is 34.9 Å². The molecule has 0 aromatic heterocycles. The Kier molecular flexibility index (Phi) is 4.31. The number of ketones is 2. The average Bonchev–Trinajstić information content (AvgIpc) is 2.78. The Morgan fingerprint density at radius 1 is 1.40 bits per heavy atom. The van der Waals surface area contributed by atoms with E-state index in [-0.39, 0.29) is 42.0 Å². The second kappa shape index (κ2) is 6.06. The van der Waals surface area contributed by atoms with Crippen LogP contribution in [0.4, 0.5) is 0 Å². The van der Waals surface area contributed by atoms with Crippen LogP contribution in [0.5, 0.6) is 0 Å². The predicted octanol–water partition coefficient (Wildman–Crippen LogP) is 2.30. The van der Waals surface area contributed by atoms with Crippen molar-refractivity contribution in [1.29, 1.82) is 0 Å². The smallest absolute Gasteiger partial charge is 0.335 e. The number of rotatable bonds is 4. The molecule has 5 heteroatoms. The fourth-order valence-corrected chi connectivity index (χ4v) is 4.72. The number of esters is 1. The molecule has 1 saturated carbocycles. The molecule has 3 rings (SSSR count). The molecule has 0 bridgehead atoms. The monoisotopic (exact) mass is 344 g/mol. The SMILES string of the molecule is C=C(C)C1CCC2(CO)OC(=O)C3=C(CC(C)=O)C(=O)C(C)=CC1C32. The molecule has 0 aromatic carbocycles. The van der Waals surface area contributed by atoms with Crippen molar-refractivity contribution in [2.24, 2.45) is 17.8 Å². The van der Waals surface area contributed by atoms with Crippen LogP contribution in [0.3, 0.4) is 0 Å². The standard InChI is InChI=1S/C20H24O5/c1-10(2)13-5-6-20(9-21)17-14(13)7-11(3)18(23)15(8-12(4)22)16(17)19(24)25-20/h7,13-14,17,21H,1,5-6,8-9H2,2-4H3. The van der Waals surface area contributed by atoms with Crippen LogP contribution < -0.4 is 0 Å². The molecule has 25 heavy (non-hydrogen) atoms. The maximum Gasteiger partial charge on any atom is 0.335 e. The van der Waals surface area contributed by atoms with Crippen molar-refractivity contribution in [2.75, 3.05) is 6.61 Å². The summed E-state index contributed by atoms with van der Waals surface area (Å²) in [5, 5.41) is 10.0. The molecule has 0 aromatic rings. The van der Waals surface area contributed by atoms with Crippen molar-refractivity contribution in [3.8, 4) is 0 Å². The number of allylic oxidation sites excluding steroid dienone is 4. The van der Waals surface area contributed by atoms with Crippen LogP contribution in [0.1, 0.15) is 40.0 Å². The summed E-state index contributed by atoms with van der Waals surface area (Å²) < 4.78 is 5.63. The van der Waals surface area contributed by atoms with Crippen LogP contribution in [0.15, 0.2) is 34.9 Å². The summed E-state index contributed by atoms with van der Waals surface area (Å²) >= 11 is 0. The molecular formula is C20H24O5. The molecule has 3 aliphatic rings. The second-order valence-corrected chi connectivity index (χ2v) is 7.61. The summed E-state index contributed by atoms with van der Waals surface area (Å²) in [6.45, 7) is 8.86. The van der Waals surface area contributed by atoms with E-state index in [0.717, 1.165) is 12.0 Å². The predicted molar refractivity (Wildman–Crippen MR) is 91.5 cm³/mol. The van der Waals surface area contributed by atoms with Crippen LogP contribution in [0, 0.1) is 17.8 Å². The average molecular weight is 344 g/mol. The number of hydrogen-bond donors (Lipinski definition) is 1. The quantitative estimate of drug-likeness (QED) is 0.625. The highest BCUT2D eigenvalue weighted by Gasteiger charge is 2.60. The Morgan fingerprint density at radius 3 is 2.64 bits per heavy atom. The normalized spacial score (nSPS) is 34.2. The van der Waals surface area contributed by atoms with E-state index in [9.17, 15) is 19.5 Å². The molecule has 1 aliphatic heterocycles. The minimum absolute atomic E-state index is 0.0864. The van der Waals surface area contributed by atoms with Crippen molar-refractivity contribution in [2.45, 2.75) is 45.6 Å².